The van der Waals surface area contributed by atoms with Crippen molar-refractivity contribution < 1.29 is 23.9 Å². The summed E-state index contributed by atoms with van der Waals surface area (Å²) in [5.41, 5.74) is 3.23. The molecule has 1 aliphatic rings. The van der Waals surface area contributed by atoms with E-state index in [0.29, 0.717) is 17.1 Å². The maximum atomic E-state index is 12.6. The molecule has 7 heteroatoms. The van der Waals surface area contributed by atoms with Crippen molar-refractivity contribution in [1.82, 2.24) is 0 Å². The largest absolute Gasteiger partial charge is 0.495 e. The number of rotatable bonds is 6. The molecular weight excluding hydrogens is 384 g/mol. The van der Waals surface area contributed by atoms with E-state index in [0.717, 1.165) is 11.1 Å². The summed E-state index contributed by atoms with van der Waals surface area (Å²) in [4.78, 5) is 39.1. The van der Waals surface area contributed by atoms with Crippen molar-refractivity contribution in [2.75, 3.05) is 23.9 Å². The number of carbonyl (C=O) groups is 3. The minimum atomic E-state index is -0.979. The Kier molecular flexibility index (Phi) is 6.40. The fourth-order valence-corrected chi connectivity index (χ4v) is 3.38. The predicted molar refractivity (Wildman–Crippen MR) is 114 cm³/mol. The Morgan fingerprint density at radius 1 is 1.17 bits per heavy atom. The molecule has 158 valence electrons. The highest BCUT2D eigenvalue weighted by atomic mass is 16.5. The van der Waals surface area contributed by atoms with Crippen molar-refractivity contribution in [3.63, 3.8) is 0 Å². The van der Waals surface area contributed by atoms with Crippen LogP contribution >= 0.6 is 0 Å². The SMILES string of the molecule is COc1ccccc1N1C[C@@H](C(=O)O[C@H](C)C(=O)Nc2cc(C)ccc2C)CC1=O. The van der Waals surface area contributed by atoms with Crippen LogP contribution in [-0.2, 0) is 19.1 Å². The summed E-state index contributed by atoms with van der Waals surface area (Å²) in [6, 6.07) is 12.9. The number of nitrogens with one attached hydrogen (secondary N) is 1. The topological polar surface area (TPSA) is 84.9 Å². The summed E-state index contributed by atoms with van der Waals surface area (Å²) < 4.78 is 10.7. The van der Waals surface area contributed by atoms with Crippen molar-refractivity contribution in [3.8, 4) is 5.75 Å². The maximum absolute atomic E-state index is 12.6. The molecule has 1 fully saturated rings. The molecule has 0 aromatic heterocycles. The van der Waals surface area contributed by atoms with Crippen LogP contribution in [0.2, 0.25) is 0 Å². The second-order valence-corrected chi connectivity index (χ2v) is 7.46. The van der Waals surface area contributed by atoms with E-state index in [1.165, 1.54) is 18.9 Å². The number of methoxy groups -OCH3 is 1. The molecule has 1 saturated heterocycles. The first kappa shape index (κ1) is 21.4. The summed E-state index contributed by atoms with van der Waals surface area (Å²) in [5, 5.41) is 2.80. The van der Waals surface area contributed by atoms with Crippen molar-refractivity contribution in [2.24, 2.45) is 5.92 Å². The van der Waals surface area contributed by atoms with Crippen LogP contribution in [0.3, 0.4) is 0 Å². The molecule has 2 amide bonds. The molecule has 2 aromatic rings. The van der Waals surface area contributed by atoms with Gasteiger partial charge in [-0.1, -0.05) is 24.3 Å². The van der Waals surface area contributed by atoms with Crippen LogP contribution in [0.4, 0.5) is 11.4 Å². The van der Waals surface area contributed by atoms with Crippen molar-refractivity contribution in [1.29, 1.82) is 0 Å². The molecule has 0 bridgehead atoms. The number of nitrogens with zero attached hydrogens (tertiary/aromatic N) is 1. The van der Waals surface area contributed by atoms with Crippen LogP contribution in [0.25, 0.3) is 0 Å². The third kappa shape index (κ3) is 4.62. The van der Waals surface area contributed by atoms with Gasteiger partial charge in [0.15, 0.2) is 6.10 Å². The molecule has 1 heterocycles. The average Bonchev–Trinajstić information content (AvgIpc) is 3.12. The molecule has 7 nitrogen and oxygen atoms in total. The Hall–Kier alpha value is -3.35. The zero-order chi connectivity index (χ0) is 21.8. The van der Waals surface area contributed by atoms with E-state index in [-0.39, 0.29) is 18.9 Å². The molecule has 30 heavy (non-hydrogen) atoms. The van der Waals surface area contributed by atoms with Crippen LogP contribution in [-0.4, -0.2) is 37.5 Å². The summed E-state index contributed by atoms with van der Waals surface area (Å²) in [7, 11) is 1.53. The molecule has 0 radical (unpaired) electrons. The molecule has 2 aromatic carbocycles. The number of anilines is 2. The summed E-state index contributed by atoms with van der Waals surface area (Å²) in [5.74, 6) is -1.25. The van der Waals surface area contributed by atoms with E-state index >= 15 is 0 Å². The Bertz CT molecular complexity index is 972. The van der Waals surface area contributed by atoms with Gasteiger partial charge in [0.2, 0.25) is 5.91 Å². The number of para-hydroxylation sites is 2. The van der Waals surface area contributed by atoms with Gasteiger partial charge in [0.1, 0.15) is 5.75 Å². The van der Waals surface area contributed by atoms with E-state index in [2.05, 4.69) is 5.32 Å². The number of carbonyl (C=O) groups excluding carboxylic acids is 3. The van der Waals surface area contributed by atoms with E-state index < -0.39 is 23.9 Å². The molecule has 2 atom stereocenters. The number of ether oxygens (including phenoxy) is 2. The lowest BCUT2D eigenvalue weighted by Crippen LogP contribution is -2.33. The number of amides is 2. The van der Waals surface area contributed by atoms with Gasteiger partial charge in [0.05, 0.1) is 18.7 Å². The highest BCUT2D eigenvalue weighted by Crippen LogP contribution is 2.33. The van der Waals surface area contributed by atoms with Gasteiger partial charge in [-0.05, 0) is 50.1 Å². The normalized spacial score (nSPS) is 16.9. The van der Waals surface area contributed by atoms with Gasteiger partial charge in [-0.3, -0.25) is 14.4 Å². The maximum Gasteiger partial charge on any atom is 0.312 e. The zero-order valence-corrected chi connectivity index (χ0v) is 17.6. The second-order valence-electron chi connectivity index (χ2n) is 7.46. The van der Waals surface area contributed by atoms with Crippen LogP contribution < -0.4 is 15.0 Å². The first-order valence-corrected chi connectivity index (χ1v) is 9.82. The van der Waals surface area contributed by atoms with Crippen LogP contribution in [0, 0.1) is 19.8 Å². The minimum absolute atomic E-state index is 0.0300. The van der Waals surface area contributed by atoms with Gasteiger partial charge < -0.3 is 19.7 Å². The highest BCUT2D eigenvalue weighted by molar-refractivity contribution is 6.01. The Morgan fingerprint density at radius 2 is 1.90 bits per heavy atom. The van der Waals surface area contributed by atoms with E-state index in [4.69, 9.17) is 9.47 Å². The summed E-state index contributed by atoms with van der Waals surface area (Å²) in [6.07, 6.45) is -0.949. The molecule has 0 unspecified atom stereocenters. The molecule has 0 aliphatic carbocycles. The zero-order valence-electron chi connectivity index (χ0n) is 17.6. The van der Waals surface area contributed by atoms with Gasteiger partial charge in [-0.2, -0.15) is 0 Å². The number of aryl methyl sites for hydroxylation is 2. The third-order valence-corrected chi connectivity index (χ3v) is 5.15. The van der Waals surface area contributed by atoms with Crippen molar-refractivity contribution in [3.05, 3.63) is 53.6 Å². The lowest BCUT2D eigenvalue weighted by Gasteiger charge is -2.20. The summed E-state index contributed by atoms with van der Waals surface area (Å²) >= 11 is 0. The Balaban J connectivity index is 1.62. The molecule has 1 N–H and O–H groups in total. The molecule has 0 saturated carbocycles. The Labute approximate surface area is 176 Å². The number of hydrogen-bond donors (Lipinski definition) is 1. The molecular formula is C23H26N2O5. The van der Waals surface area contributed by atoms with Gasteiger partial charge in [-0.25, -0.2) is 0 Å². The van der Waals surface area contributed by atoms with E-state index in [1.54, 1.807) is 18.2 Å². The fraction of sp³-hybridized carbons (Fsp3) is 0.348. The minimum Gasteiger partial charge on any atom is -0.495 e. The first-order chi connectivity index (χ1) is 14.3. The van der Waals surface area contributed by atoms with Gasteiger partial charge >= 0.3 is 5.97 Å². The average molecular weight is 410 g/mol. The molecule has 0 spiro atoms. The quantitative estimate of drug-likeness (QED) is 0.739. The third-order valence-electron chi connectivity index (χ3n) is 5.15. The number of benzene rings is 2. The van der Waals surface area contributed by atoms with Gasteiger partial charge in [-0.15, -0.1) is 0 Å². The second kappa shape index (κ2) is 8.98. The van der Waals surface area contributed by atoms with Crippen LogP contribution in [0.1, 0.15) is 24.5 Å². The summed E-state index contributed by atoms with van der Waals surface area (Å²) in [6.45, 7) is 5.53. The fourth-order valence-electron chi connectivity index (χ4n) is 3.38. The Morgan fingerprint density at radius 3 is 2.63 bits per heavy atom. The monoisotopic (exact) mass is 410 g/mol. The molecule has 1 aliphatic heterocycles. The first-order valence-electron chi connectivity index (χ1n) is 9.82. The van der Waals surface area contributed by atoms with Crippen molar-refractivity contribution >= 4 is 29.2 Å². The van der Waals surface area contributed by atoms with Crippen LogP contribution in [0.15, 0.2) is 42.5 Å². The van der Waals surface area contributed by atoms with Gasteiger partial charge in [0.25, 0.3) is 5.91 Å². The van der Waals surface area contributed by atoms with E-state index in [1.807, 2.05) is 38.1 Å². The molecule has 3 rings (SSSR count). The van der Waals surface area contributed by atoms with Crippen molar-refractivity contribution in [2.45, 2.75) is 33.3 Å². The predicted octanol–water partition coefficient (Wildman–Crippen LogP) is 3.24. The number of hydrogen-bond acceptors (Lipinski definition) is 5. The lowest BCUT2D eigenvalue weighted by molar-refractivity contribution is -0.157. The van der Waals surface area contributed by atoms with E-state index in [9.17, 15) is 14.4 Å². The highest BCUT2D eigenvalue weighted by Gasteiger charge is 2.38. The number of esters is 1. The standard InChI is InChI=1S/C23H26N2O5/c1-14-9-10-15(2)18(11-14)24-22(27)16(3)30-23(28)17-12-21(26)25(13-17)19-7-5-6-8-20(19)29-4/h5-11,16-17H,12-13H2,1-4H3,(H,24,27)/t16-,17+/m1/s1. The smallest absolute Gasteiger partial charge is 0.312 e. The van der Waals surface area contributed by atoms with Crippen LogP contribution in [0.5, 0.6) is 5.75 Å². The van der Waals surface area contributed by atoms with Gasteiger partial charge in [0, 0.05) is 18.7 Å². The lowest BCUT2D eigenvalue weighted by atomic mass is 10.1.